The van der Waals surface area contributed by atoms with E-state index >= 15 is 0 Å². The molecule has 0 aromatic heterocycles. The van der Waals surface area contributed by atoms with Crippen molar-refractivity contribution in [3.05, 3.63) is 29.6 Å². The highest BCUT2D eigenvalue weighted by molar-refractivity contribution is 7.89. The molecule has 1 saturated heterocycles. The molecule has 6 nitrogen and oxygen atoms in total. The highest BCUT2D eigenvalue weighted by Gasteiger charge is 2.36. The molecule has 2 unspecified atom stereocenters. The highest BCUT2D eigenvalue weighted by atomic mass is 35.5. The lowest BCUT2D eigenvalue weighted by atomic mass is 10.0. The smallest absolute Gasteiger partial charge is 0.243 e. The summed E-state index contributed by atoms with van der Waals surface area (Å²) in [6.07, 6.45) is 1.06. The highest BCUT2D eigenvalue weighted by Crippen LogP contribution is 2.27. The first-order valence-electron chi connectivity index (χ1n) is 6.88. The Morgan fingerprint density at radius 1 is 1.52 bits per heavy atom. The van der Waals surface area contributed by atoms with E-state index in [0.29, 0.717) is 12.8 Å². The van der Waals surface area contributed by atoms with E-state index in [1.807, 2.05) is 0 Å². The summed E-state index contributed by atoms with van der Waals surface area (Å²) in [6, 6.07) is 4.49. The maximum absolute atomic E-state index is 13.4. The SMILES string of the molecule is COC1CCN(S(=O)(=O)c2ccc(F)c(C#N)c2)C(CN)C1.Cl. The van der Waals surface area contributed by atoms with Gasteiger partial charge in [0.1, 0.15) is 11.9 Å². The van der Waals surface area contributed by atoms with Crippen LogP contribution in [0.2, 0.25) is 0 Å². The molecular formula is C14H19ClFN3O3S. The fourth-order valence-electron chi connectivity index (χ4n) is 2.62. The Balaban J connectivity index is 0.00000264. The van der Waals surface area contributed by atoms with E-state index in [4.69, 9.17) is 15.7 Å². The topological polar surface area (TPSA) is 96.4 Å². The summed E-state index contributed by atoms with van der Waals surface area (Å²) in [7, 11) is -2.24. The fraction of sp³-hybridized carbons (Fsp3) is 0.500. The molecule has 2 atom stereocenters. The van der Waals surface area contributed by atoms with Gasteiger partial charge in [-0.05, 0) is 31.0 Å². The molecule has 2 rings (SSSR count). The van der Waals surface area contributed by atoms with Crippen LogP contribution in [-0.2, 0) is 14.8 Å². The first kappa shape index (κ1) is 19.8. The molecule has 9 heteroatoms. The van der Waals surface area contributed by atoms with Gasteiger partial charge >= 0.3 is 0 Å². The number of nitrogens with two attached hydrogens (primary N) is 1. The molecule has 0 spiro atoms. The predicted molar refractivity (Wildman–Crippen MR) is 85.1 cm³/mol. The van der Waals surface area contributed by atoms with Crippen molar-refractivity contribution in [2.45, 2.75) is 29.9 Å². The number of hydrogen-bond donors (Lipinski definition) is 1. The van der Waals surface area contributed by atoms with E-state index in [0.717, 1.165) is 12.1 Å². The Labute approximate surface area is 141 Å². The molecule has 128 valence electrons. The van der Waals surface area contributed by atoms with E-state index in [2.05, 4.69) is 0 Å². The van der Waals surface area contributed by atoms with E-state index in [-0.39, 0.29) is 48.1 Å². The van der Waals surface area contributed by atoms with Crippen molar-refractivity contribution in [3.63, 3.8) is 0 Å². The van der Waals surface area contributed by atoms with Gasteiger partial charge in [0, 0.05) is 26.2 Å². The van der Waals surface area contributed by atoms with Crippen LogP contribution in [0.15, 0.2) is 23.1 Å². The lowest BCUT2D eigenvalue weighted by Gasteiger charge is -2.37. The standard InChI is InChI=1S/C14H18FN3O3S.ClH/c1-21-12-4-5-18(11(7-12)9-17)22(19,20)13-2-3-14(15)10(6-13)8-16;/h2-3,6,11-12H,4-5,7,9,17H2,1H3;1H. The van der Waals surface area contributed by atoms with Gasteiger partial charge in [-0.1, -0.05) is 0 Å². The fourth-order valence-corrected chi connectivity index (χ4v) is 4.31. The monoisotopic (exact) mass is 363 g/mol. The summed E-state index contributed by atoms with van der Waals surface area (Å²) < 4.78 is 45.4. The van der Waals surface area contributed by atoms with E-state index in [1.54, 1.807) is 13.2 Å². The van der Waals surface area contributed by atoms with Gasteiger partial charge in [-0.15, -0.1) is 12.4 Å². The van der Waals surface area contributed by atoms with Crippen molar-refractivity contribution >= 4 is 22.4 Å². The largest absolute Gasteiger partial charge is 0.381 e. The van der Waals surface area contributed by atoms with Gasteiger partial charge in [-0.2, -0.15) is 9.57 Å². The normalized spacial score (nSPS) is 22.2. The third-order valence-corrected chi connectivity index (χ3v) is 5.83. The van der Waals surface area contributed by atoms with Gasteiger partial charge in [0.05, 0.1) is 16.6 Å². The van der Waals surface area contributed by atoms with Crippen LogP contribution in [0.4, 0.5) is 4.39 Å². The van der Waals surface area contributed by atoms with Gasteiger partial charge < -0.3 is 10.5 Å². The zero-order valence-corrected chi connectivity index (χ0v) is 14.2. The van der Waals surface area contributed by atoms with E-state index < -0.39 is 15.8 Å². The quantitative estimate of drug-likeness (QED) is 0.868. The molecule has 0 saturated carbocycles. The van der Waals surface area contributed by atoms with Gasteiger partial charge in [-0.25, -0.2) is 12.8 Å². The minimum atomic E-state index is -3.82. The molecule has 1 aliphatic heterocycles. The lowest BCUT2D eigenvalue weighted by Crippen LogP contribution is -2.51. The number of benzene rings is 1. The zero-order valence-electron chi connectivity index (χ0n) is 12.6. The van der Waals surface area contributed by atoms with Crippen LogP contribution in [0.25, 0.3) is 0 Å². The first-order chi connectivity index (χ1) is 10.4. The summed E-state index contributed by atoms with van der Waals surface area (Å²) in [4.78, 5) is -0.0974. The van der Waals surface area contributed by atoms with Crippen LogP contribution >= 0.6 is 12.4 Å². The summed E-state index contributed by atoms with van der Waals surface area (Å²) >= 11 is 0. The Morgan fingerprint density at radius 2 is 2.22 bits per heavy atom. The molecule has 2 N–H and O–H groups in total. The number of nitriles is 1. The second kappa shape index (κ2) is 8.04. The van der Waals surface area contributed by atoms with E-state index in [1.165, 1.54) is 10.4 Å². The van der Waals surface area contributed by atoms with Gasteiger partial charge in [0.25, 0.3) is 0 Å². The number of sulfonamides is 1. The number of ether oxygens (including phenoxy) is 1. The number of hydrogen-bond acceptors (Lipinski definition) is 5. The van der Waals surface area contributed by atoms with Crippen molar-refractivity contribution in [2.75, 3.05) is 20.2 Å². The predicted octanol–water partition coefficient (Wildman–Crippen LogP) is 1.25. The molecule has 1 heterocycles. The van der Waals surface area contributed by atoms with Crippen molar-refractivity contribution in [1.82, 2.24) is 4.31 Å². The zero-order chi connectivity index (χ0) is 16.3. The van der Waals surface area contributed by atoms with Gasteiger partial charge in [0.15, 0.2) is 0 Å². The second-order valence-electron chi connectivity index (χ2n) is 5.14. The third kappa shape index (κ3) is 4.00. The Morgan fingerprint density at radius 3 is 2.78 bits per heavy atom. The number of halogens is 2. The van der Waals surface area contributed by atoms with Crippen LogP contribution < -0.4 is 5.73 Å². The molecule has 1 aromatic carbocycles. The number of nitrogens with zero attached hydrogens (tertiary/aromatic N) is 2. The Bertz CT molecular complexity index is 693. The van der Waals surface area contributed by atoms with Crippen LogP contribution in [0.5, 0.6) is 0 Å². The third-order valence-electron chi connectivity index (χ3n) is 3.88. The number of methoxy groups -OCH3 is 1. The Kier molecular flexibility index (Phi) is 6.92. The van der Waals surface area contributed by atoms with Crippen molar-refractivity contribution < 1.29 is 17.5 Å². The average molecular weight is 364 g/mol. The number of piperidine rings is 1. The van der Waals surface area contributed by atoms with Crippen LogP contribution in [-0.4, -0.2) is 45.1 Å². The molecule has 1 aromatic rings. The maximum atomic E-state index is 13.4. The maximum Gasteiger partial charge on any atom is 0.243 e. The molecule has 0 bridgehead atoms. The molecule has 0 radical (unpaired) electrons. The van der Waals surface area contributed by atoms with E-state index in [9.17, 15) is 12.8 Å². The van der Waals surface area contributed by atoms with Gasteiger partial charge in [-0.3, -0.25) is 0 Å². The molecule has 0 aliphatic carbocycles. The average Bonchev–Trinajstić information content (AvgIpc) is 2.54. The molecular weight excluding hydrogens is 345 g/mol. The summed E-state index contributed by atoms with van der Waals surface area (Å²) in [5.74, 6) is -0.741. The molecule has 1 fully saturated rings. The molecule has 0 amide bonds. The summed E-state index contributed by atoms with van der Waals surface area (Å²) in [5.41, 5.74) is 5.40. The van der Waals surface area contributed by atoms with Crippen LogP contribution in [0.3, 0.4) is 0 Å². The lowest BCUT2D eigenvalue weighted by molar-refractivity contribution is 0.0401. The first-order valence-corrected chi connectivity index (χ1v) is 8.32. The molecule has 23 heavy (non-hydrogen) atoms. The number of rotatable bonds is 4. The van der Waals surface area contributed by atoms with Crippen molar-refractivity contribution in [1.29, 1.82) is 5.26 Å². The van der Waals surface area contributed by atoms with Crippen molar-refractivity contribution in [3.8, 4) is 6.07 Å². The minimum Gasteiger partial charge on any atom is -0.381 e. The second-order valence-corrected chi connectivity index (χ2v) is 7.03. The van der Waals surface area contributed by atoms with Gasteiger partial charge in [0.2, 0.25) is 10.0 Å². The van der Waals surface area contributed by atoms with Crippen LogP contribution in [0.1, 0.15) is 18.4 Å². The molecule has 1 aliphatic rings. The minimum absolute atomic E-state index is 0. The summed E-state index contributed by atoms with van der Waals surface area (Å²) in [5, 5.41) is 8.85. The summed E-state index contributed by atoms with van der Waals surface area (Å²) in [6.45, 7) is 0.452. The van der Waals surface area contributed by atoms with Crippen LogP contribution in [0, 0.1) is 17.1 Å². The van der Waals surface area contributed by atoms with Crippen molar-refractivity contribution in [2.24, 2.45) is 5.73 Å². The Hall–Kier alpha value is -1.24.